The number of carbonyl (C=O) groups is 2. The summed E-state index contributed by atoms with van der Waals surface area (Å²) in [5, 5.41) is 19.2. The normalized spacial score (nSPS) is 18.5. The maximum atomic E-state index is 12.4. The molecule has 284 valence electrons. The molecule has 2 fully saturated rings. The van der Waals surface area contributed by atoms with Crippen LogP contribution < -0.4 is 20.3 Å². The second-order valence-corrected chi connectivity index (χ2v) is 15.5. The third-order valence-electron chi connectivity index (χ3n) is 11.5. The average Bonchev–Trinajstić information content (AvgIpc) is 4.10. The van der Waals surface area contributed by atoms with Gasteiger partial charge in [-0.2, -0.15) is 0 Å². The van der Waals surface area contributed by atoms with Gasteiger partial charge in [-0.05, 0) is 97.2 Å². The molecule has 2 aromatic carbocycles. The summed E-state index contributed by atoms with van der Waals surface area (Å²) in [7, 11) is 3.35. The molecule has 12 heteroatoms. The summed E-state index contributed by atoms with van der Waals surface area (Å²) in [6.45, 7) is 5.41. The van der Waals surface area contributed by atoms with Gasteiger partial charge in [0.15, 0.2) is 10.9 Å². The van der Waals surface area contributed by atoms with Crippen molar-refractivity contribution in [3.63, 3.8) is 0 Å². The van der Waals surface area contributed by atoms with Crippen LogP contribution in [0.4, 0.5) is 0 Å². The minimum atomic E-state index is -1.20. The lowest BCUT2D eigenvalue weighted by atomic mass is 9.85. The van der Waals surface area contributed by atoms with Gasteiger partial charge in [-0.25, -0.2) is 9.59 Å². The number of rotatable bonds is 11. The van der Waals surface area contributed by atoms with Crippen molar-refractivity contribution in [2.45, 2.75) is 83.2 Å². The van der Waals surface area contributed by atoms with Gasteiger partial charge in [0, 0.05) is 67.9 Å². The van der Waals surface area contributed by atoms with Crippen molar-refractivity contribution in [2.24, 2.45) is 5.41 Å². The number of methoxy groups -OCH3 is 2. The van der Waals surface area contributed by atoms with Crippen molar-refractivity contribution in [3.8, 4) is 34.0 Å². The first kappa shape index (κ1) is 37.4. The largest absolute Gasteiger partial charge is 0.496 e. The molecule has 0 amide bonds. The Kier molecular flexibility index (Phi) is 10.2. The highest BCUT2D eigenvalue weighted by atomic mass is 35.5. The predicted molar refractivity (Wildman–Crippen MR) is 205 cm³/mol. The van der Waals surface area contributed by atoms with E-state index in [1.165, 1.54) is 30.1 Å². The van der Waals surface area contributed by atoms with E-state index >= 15 is 0 Å². The van der Waals surface area contributed by atoms with Gasteiger partial charge in [0.25, 0.3) is 0 Å². The molecule has 0 spiro atoms. The van der Waals surface area contributed by atoms with E-state index in [0.717, 1.165) is 85.1 Å². The fourth-order valence-electron chi connectivity index (χ4n) is 7.96. The number of hydrogen-bond acceptors (Lipinski definition) is 7. The number of aromatic carboxylic acids is 2. The summed E-state index contributed by atoms with van der Waals surface area (Å²) >= 11 is 6.46. The highest BCUT2D eigenvalue weighted by Gasteiger charge is 2.47. The number of benzene rings is 2. The minimum absolute atomic E-state index is 0.0891. The zero-order chi connectivity index (χ0) is 38.5. The first-order chi connectivity index (χ1) is 25.9. The Bertz CT molecular complexity index is 2270. The van der Waals surface area contributed by atoms with Crippen LogP contribution in [0.1, 0.15) is 108 Å². The quantitative estimate of drug-likeness (QED) is 0.147. The topological polar surface area (TPSA) is 146 Å². The Morgan fingerprint density at radius 2 is 1.43 bits per heavy atom. The summed E-state index contributed by atoms with van der Waals surface area (Å²) in [5.41, 5.74) is 5.63. The molecule has 2 atom stereocenters. The lowest BCUT2D eigenvalue weighted by molar-refractivity contribution is 0.0683. The number of pyridine rings is 2. The van der Waals surface area contributed by atoms with Gasteiger partial charge in [-0.1, -0.05) is 25.4 Å². The third kappa shape index (κ3) is 7.07. The molecule has 4 aliphatic rings. The fourth-order valence-corrected chi connectivity index (χ4v) is 8.18. The molecule has 8 rings (SSSR count). The van der Waals surface area contributed by atoms with Gasteiger partial charge < -0.3 is 33.6 Å². The number of aromatic nitrogens is 2. The number of hydrogen-bond donors (Lipinski definition) is 2. The van der Waals surface area contributed by atoms with E-state index in [2.05, 4.69) is 26.0 Å². The maximum Gasteiger partial charge on any atom is 0.341 e. The molecule has 2 N–H and O–H groups in total. The molecule has 54 heavy (non-hydrogen) atoms. The van der Waals surface area contributed by atoms with Crippen LogP contribution in [0.15, 0.2) is 58.4 Å². The lowest BCUT2D eigenvalue weighted by Crippen LogP contribution is -2.29. The molecule has 4 heterocycles. The molecular weight excluding hydrogens is 712 g/mol. The summed E-state index contributed by atoms with van der Waals surface area (Å²) in [4.78, 5) is 47.5. The summed E-state index contributed by atoms with van der Waals surface area (Å²) in [6, 6.07) is 11.2. The molecule has 2 unspecified atom stereocenters. The molecule has 4 aromatic rings. The van der Waals surface area contributed by atoms with Gasteiger partial charge in [0.2, 0.25) is 0 Å². The molecule has 0 radical (unpaired) electrons. The number of carboxylic acids is 2. The van der Waals surface area contributed by atoms with E-state index in [4.69, 9.17) is 25.8 Å². The van der Waals surface area contributed by atoms with Crippen LogP contribution >= 0.6 is 11.6 Å². The minimum Gasteiger partial charge on any atom is -0.496 e. The first-order valence-corrected chi connectivity index (χ1v) is 18.9. The zero-order valence-electron chi connectivity index (χ0n) is 30.9. The molecule has 2 aliphatic carbocycles. The average molecular weight is 757 g/mol. The smallest absolute Gasteiger partial charge is 0.341 e. The monoisotopic (exact) mass is 756 g/mol. The number of carboxylic acid groups (broad SMARTS) is 2. The molecule has 2 aromatic heterocycles. The van der Waals surface area contributed by atoms with Crippen molar-refractivity contribution < 1.29 is 34.0 Å². The van der Waals surface area contributed by atoms with Crippen LogP contribution in [0.25, 0.3) is 22.5 Å². The summed E-state index contributed by atoms with van der Waals surface area (Å²) in [5.74, 6) is -0.293. The Balaban J connectivity index is 0.000000168. The van der Waals surface area contributed by atoms with Crippen LogP contribution in [0.3, 0.4) is 0 Å². The van der Waals surface area contributed by atoms with Gasteiger partial charge in [0.1, 0.15) is 22.6 Å². The number of nitrogens with zero attached hydrogens (tertiary/aromatic N) is 2. The maximum absolute atomic E-state index is 12.4. The predicted octanol–water partition coefficient (Wildman–Crippen LogP) is 7.79. The van der Waals surface area contributed by atoms with Gasteiger partial charge in [0.05, 0.1) is 30.1 Å². The molecule has 2 saturated carbocycles. The van der Waals surface area contributed by atoms with Crippen LogP contribution in [0.2, 0.25) is 5.02 Å². The van der Waals surface area contributed by atoms with Crippen LogP contribution in [0, 0.1) is 5.41 Å². The summed E-state index contributed by atoms with van der Waals surface area (Å²) in [6.07, 6.45) is 10.7. The van der Waals surface area contributed by atoms with Crippen molar-refractivity contribution in [1.82, 2.24) is 9.13 Å². The van der Waals surface area contributed by atoms with Gasteiger partial charge in [-0.15, -0.1) is 0 Å². The van der Waals surface area contributed by atoms with E-state index in [0.29, 0.717) is 35.6 Å². The van der Waals surface area contributed by atoms with Crippen molar-refractivity contribution in [1.29, 1.82) is 0 Å². The molecule has 11 nitrogen and oxygen atoms in total. The number of ether oxygens (including phenoxy) is 3. The highest BCUT2D eigenvalue weighted by Crippen LogP contribution is 2.57. The second kappa shape index (κ2) is 14.8. The SMILES string of the molecule is CCC1Cc2cc(OC)c(C3CC3)cc2-c2cc(=O)c(C(=O)O)cn21.COCCCOc1cc2c(cc1Cl)-c1cc(=O)c(C(=O)O)cn1C(C1(C)CC1)C2. The van der Waals surface area contributed by atoms with Crippen LogP contribution in [0.5, 0.6) is 11.5 Å². The zero-order valence-corrected chi connectivity index (χ0v) is 31.7. The van der Waals surface area contributed by atoms with Crippen LogP contribution in [-0.2, 0) is 17.6 Å². The Morgan fingerprint density at radius 3 is 2.00 bits per heavy atom. The second-order valence-electron chi connectivity index (χ2n) is 15.1. The number of halogens is 1. The van der Waals surface area contributed by atoms with Gasteiger partial charge in [-0.3, -0.25) is 9.59 Å². The van der Waals surface area contributed by atoms with Crippen LogP contribution in [-0.4, -0.2) is 58.7 Å². The fraction of sp³-hybridized carbons (Fsp3) is 0.429. The van der Waals surface area contributed by atoms with E-state index in [-0.39, 0.29) is 28.6 Å². The van der Waals surface area contributed by atoms with E-state index < -0.39 is 22.8 Å². The molecule has 0 saturated heterocycles. The van der Waals surface area contributed by atoms with E-state index in [1.54, 1.807) is 14.2 Å². The van der Waals surface area contributed by atoms with Crippen molar-refractivity contribution in [3.05, 3.63) is 102 Å². The van der Waals surface area contributed by atoms with Crippen molar-refractivity contribution >= 4 is 23.5 Å². The molecule has 0 bridgehead atoms. The number of fused-ring (bicyclic) bond motifs is 6. The molecule has 2 aliphatic heterocycles. The Hall–Kier alpha value is -4.87. The van der Waals surface area contributed by atoms with Gasteiger partial charge >= 0.3 is 11.9 Å². The standard InChI is InChI=1S/C22H24ClNO5.C20H21NO4/c1-22(4-5-22)20-9-13-8-19(29-7-3-6-28-2)16(23)10-14(13)17-11-18(25)15(21(26)27)12-24(17)20;1-3-13-6-12-7-19(25-2)15(11-4-5-11)8-14(12)17-9-18(22)16(20(23)24)10-21(13)17/h8,10-12,20H,3-7,9H2,1-2H3,(H,26,27);7-11,13H,3-6H2,1-2H3,(H,23,24). The highest BCUT2D eigenvalue weighted by molar-refractivity contribution is 6.32. The van der Waals surface area contributed by atoms with E-state index in [1.807, 2.05) is 21.3 Å². The third-order valence-corrected chi connectivity index (χ3v) is 11.8. The Labute approximate surface area is 318 Å². The van der Waals surface area contributed by atoms with E-state index in [9.17, 15) is 29.4 Å². The Morgan fingerprint density at radius 1 is 0.833 bits per heavy atom. The molecular formula is C42H45ClN2O9. The first-order valence-electron chi connectivity index (χ1n) is 18.5. The lowest BCUT2D eigenvalue weighted by Gasteiger charge is -2.35. The van der Waals surface area contributed by atoms with Crippen molar-refractivity contribution in [2.75, 3.05) is 27.4 Å². The summed E-state index contributed by atoms with van der Waals surface area (Å²) < 4.78 is 20.4.